The summed E-state index contributed by atoms with van der Waals surface area (Å²) in [7, 11) is 0. The van der Waals surface area contributed by atoms with Crippen LogP contribution in [0, 0.1) is 0 Å². The van der Waals surface area contributed by atoms with E-state index >= 15 is 0 Å². The summed E-state index contributed by atoms with van der Waals surface area (Å²) >= 11 is -3.36. The zero-order valence-corrected chi connectivity index (χ0v) is 13.4. The van der Waals surface area contributed by atoms with Crippen molar-refractivity contribution in [3.63, 3.8) is 0 Å². The predicted molar refractivity (Wildman–Crippen MR) is 71.4 cm³/mol. The van der Waals surface area contributed by atoms with E-state index in [-0.39, 0.29) is 6.61 Å². The molecule has 0 spiro atoms. The molecule has 2 heterocycles. The topological polar surface area (TPSA) is 131 Å². The first-order valence-electron chi connectivity index (χ1n) is 6.21. The van der Waals surface area contributed by atoms with Crippen molar-refractivity contribution in [1.29, 1.82) is 0 Å². The van der Waals surface area contributed by atoms with Gasteiger partial charge in [-0.05, 0) is 0 Å². The van der Waals surface area contributed by atoms with Crippen LogP contribution in [0.4, 0.5) is 0 Å². The van der Waals surface area contributed by atoms with Crippen molar-refractivity contribution >= 4 is 13.8 Å². The second-order valence-corrected chi connectivity index (χ2v) is 10.9. The number of aliphatic hydroxyl groups is 2. The third kappa shape index (κ3) is 3.75. The van der Waals surface area contributed by atoms with Crippen LogP contribution in [0.5, 0.6) is 0 Å². The van der Waals surface area contributed by atoms with Gasteiger partial charge in [-0.15, -0.1) is 0 Å². The maximum atomic E-state index is 11.7. The molecule has 3 N–H and O–H groups in total. The molecule has 1 aromatic rings. The fourth-order valence-corrected chi connectivity index (χ4v) is 3.04. The predicted octanol–water partition coefficient (Wildman–Crippen LogP) is -1.70. The minimum atomic E-state index is -3.36. The third-order valence-corrected chi connectivity index (χ3v) is 4.63. The molecule has 1 fully saturated rings. The second-order valence-electron chi connectivity index (χ2n) is 5.11. The molecule has 0 aliphatic carbocycles. The van der Waals surface area contributed by atoms with Crippen LogP contribution in [0.1, 0.15) is 6.23 Å². The number of H-pyrrole nitrogens is 1. The van der Waals surface area contributed by atoms with E-state index in [0.717, 1.165) is 10.6 Å². The van der Waals surface area contributed by atoms with Gasteiger partial charge in [0.1, 0.15) is 0 Å². The molecule has 1 saturated heterocycles. The van der Waals surface area contributed by atoms with Crippen LogP contribution < -0.4 is 11.2 Å². The van der Waals surface area contributed by atoms with E-state index in [0.29, 0.717) is 0 Å². The molecule has 21 heavy (non-hydrogen) atoms. The average molecular weight is 364 g/mol. The molecule has 10 heteroatoms. The van der Waals surface area contributed by atoms with E-state index in [9.17, 15) is 23.5 Å². The number of aromatic nitrogens is 2. The molecule has 0 aromatic carbocycles. The molecule has 0 radical (unpaired) electrons. The third-order valence-electron chi connectivity index (χ3n) is 3.01. The van der Waals surface area contributed by atoms with Gasteiger partial charge in [0.05, 0.1) is 0 Å². The van der Waals surface area contributed by atoms with Crippen molar-refractivity contribution in [1.82, 2.24) is 9.55 Å². The number of nitrogens with one attached hydrogen (secondary N) is 1. The van der Waals surface area contributed by atoms with Crippen LogP contribution in [0.3, 0.4) is 0 Å². The Morgan fingerprint density at radius 1 is 1.38 bits per heavy atom. The Bertz CT molecular complexity index is 663. The SMILES string of the molecule is C[As](C)(=O)OC[C@H]1O[C@@H](n2ccc(=O)[nH]c2=O)[C@H](O)[C@@H]1O. The summed E-state index contributed by atoms with van der Waals surface area (Å²) in [5.41, 5.74) is 1.60. The molecule has 0 bridgehead atoms. The van der Waals surface area contributed by atoms with Crippen LogP contribution in [-0.4, -0.2) is 58.5 Å². The van der Waals surface area contributed by atoms with Gasteiger partial charge in [-0.3, -0.25) is 0 Å². The Morgan fingerprint density at radius 2 is 2.05 bits per heavy atom. The van der Waals surface area contributed by atoms with E-state index < -0.39 is 49.6 Å². The first-order chi connectivity index (χ1) is 9.69. The van der Waals surface area contributed by atoms with Gasteiger partial charge in [0.2, 0.25) is 0 Å². The summed E-state index contributed by atoms with van der Waals surface area (Å²) in [5.74, 6) is 0. The number of hydrogen-bond donors (Lipinski definition) is 3. The van der Waals surface area contributed by atoms with E-state index in [2.05, 4.69) is 0 Å². The monoisotopic (exact) mass is 364 g/mol. The first kappa shape index (κ1) is 16.3. The van der Waals surface area contributed by atoms with Crippen molar-refractivity contribution in [2.24, 2.45) is 0 Å². The van der Waals surface area contributed by atoms with Crippen molar-refractivity contribution < 1.29 is 22.4 Å². The Morgan fingerprint density at radius 3 is 2.62 bits per heavy atom. The van der Waals surface area contributed by atoms with Gasteiger partial charge in [-0.25, -0.2) is 0 Å². The van der Waals surface area contributed by atoms with E-state index in [1.165, 1.54) is 17.6 Å². The van der Waals surface area contributed by atoms with Gasteiger partial charge in [0.15, 0.2) is 0 Å². The van der Waals surface area contributed by atoms with Gasteiger partial charge in [0.25, 0.3) is 0 Å². The number of rotatable bonds is 4. The standard InChI is InChI=1S/C11H17AsN2O7/c1-12(2,19)20-5-6-8(16)9(17)10(21-6)14-4-3-7(15)13-11(14)18/h3-4,6,8-10,16-17H,5H2,1-2H3,(H,13,15,18)/t6-,8-,9-,10-/m1/s1. The maximum absolute atomic E-state index is 11.7. The summed E-state index contributed by atoms with van der Waals surface area (Å²) in [5, 5.41) is 19.9. The van der Waals surface area contributed by atoms with Gasteiger partial charge in [0, 0.05) is 0 Å². The average Bonchev–Trinajstić information content (AvgIpc) is 2.64. The van der Waals surface area contributed by atoms with Crippen molar-refractivity contribution in [2.75, 3.05) is 6.61 Å². The molecule has 0 unspecified atom stereocenters. The number of hydrogen-bond acceptors (Lipinski definition) is 7. The van der Waals surface area contributed by atoms with Gasteiger partial charge < -0.3 is 0 Å². The van der Waals surface area contributed by atoms with Crippen molar-refractivity contribution in [3.05, 3.63) is 33.1 Å². The van der Waals surface area contributed by atoms with Gasteiger partial charge in [-0.1, -0.05) is 0 Å². The van der Waals surface area contributed by atoms with E-state index in [1.54, 1.807) is 0 Å². The molecule has 2 rings (SSSR count). The molecule has 4 atom stereocenters. The normalized spacial score (nSPS) is 29.7. The Kier molecular flexibility index (Phi) is 4.60. The molecule has 118 valence electrons. The summed E-state index contributed by atoms with van der Waals surface area (Å²) in [6.45, 7) is -0.156. The first-order valence-corrected chi connectivity index (χ1v) is 11.5. The number of aromatic amines is 1. The fraction of sp³-hybridized carbons (Fsp3) is 0.636. The van der Waals surface area contributed by atoms with E-state index in [4.69, 9.17) is 8.46 Å². The summed E-state index contributed by atoms with van der Waals surface area (Å²) in [4.78, 5) is 24.7. The van der Waals surface area contributed by atoms with Crippen molar-refractivity contribution in [2.45, 2.75) is 36.0 Å². The Labute approximate surface area is 122 Å². The summed E-state index contributed by atoms with van der Waals surface area (Å²) < 4.78 is 23.0. The Hall–Kier alpha value is -1.12. The van der Waals surface area contributed by atoms with Gasteiger partial charge in [-0.2, -0.15) is 0 Å². The van der Waals surface area contributed by atoms with Crippen LogP contribution >= 0.6 is 0 Å². The molecular weight excluding hydrogens is 347 g/mol. The molecule has 1 aliphatic rings. The molecule has 0 amide bonds. The molecule has 1 aliphatic heterocycles. The number of nitrogens with zero attached hydrogens (tertiary/aromatic N) is 1. The van der Waals surface area contributed by atoms with Crippen LogP contribution in [-0.2, 0) is 12.2 Å². The minimum absolute atomic E-state index is 0.156. The Balaban J connectivity index is 2.18. The van der Waals surface area contributed by atoms with Crippen molar-refractivity contribution in [3.8, 4) is 0 Å². The zero-order chi connectivity index (χ0) is 15.8. The van der Waals surface area contributed by atoms with E-state index in [1.807, 2.05) is 4.98 Å². The fourth-order valence-electron chi connectivity index (χ4n) is 1.98. The number of ether oxygens (including phenoxy) is 1. The molecule has 0 saturated carbocycles. The second kappa shape index (κ2) is 5.94. The van der Waals surface area contributed by atoms with Crippen LogP contribution in [0.25, 0.3) is 0 Å². The quantitative estimate of drug-likeness (QED) is 0.543. The number of aliphatic hydroxyl groups excluding tert-OH is 2. The van der Waals surface area contributed by atoms with Gasteiger partial charge >= 0.3 is 121 Å². The molecule has 9 nitrogen and oxygen atoms in total. The molecule has 1 aromatic heterocycles. The summed E-state index contributed by atoms with van der Waals surface area (Å²) in [6, 6.07) is 1.10. The summed E-state index contributed by atoms with van der Waals surface area (Å²) in [6.07, 6.45) is -3.57. The zero-order valence-electron chi connectivity index (χ0n) is 11.5. The van der Waals surface area contributed by atoms with Crippen LogP contribution in [0.2, 0.25) is 11.4 Å². The van der Waals surface area contributed by atoms with Crippen LogP contribution in [0.15, 0.2) is 21.9 Å². The molecular formula is C11H17AsN2O7.